The molecule has 1 heterocycles. The van der Waals surface area contributed by atoms with E-state index in [0.717, 1.165) is 38.7 Å². The maximum Gasteiger partial charge on any atom is 0.133 e. The molecule has 0 bridgehead atoms. The van der Waals surface area contributed by atoms with Crippen molar-refractivity contribution in [2.45, 2.75) is 76.7 Å². The minimum absolute atomic E-state index is 0.119. The van der Waals surface area contributed by atoms with E-state index in [1.807, 2.05) is 12.1 Å². The zero-order chi connectivity index (χ0) is 17.7. The highest BCUT2D eigenvalue weighted by Gasteiger charge is 2.40. The first-order valence-corrected chi connectivity index (χ1v) is 9.98. The first-order valence-electron chi connectivity index (χ1n) is 9.98. The molecular formula is C22H32O3. The molecule has 1 aliphatic heterocycles. The highest BCUT2D eigenvalue weighted by atomic mass is 16.5. The van der Waals surface area contributed by atoms with Crippen LogP contribution in [0.1, 0.15) is 70.3 Å². The minimum atomic E-state index is 0.119. The van der Waals surface area contributed by atoms with Crippen molar-refractivity contribution in [3.05, 3.63) is 29.8 Å². The molecular weight excluding hydrogens is 312 g/mol. The number of aryl methyl sites for hydroxylation is 1. The van der Waals surface area contributed by atoms with Gasteiger partial charge < -0.3 is 9.84 Å². The lowest BCUT2D eigenvalue weighted by molar-refractivity contribution is -0.125. The van der Waals surface area contributed by atoms with E-state index >= 15 is 0 Å². The van der Waals surface area contributed by atoms with Crippen LogP contribution in [0.15, 0.2) is 24.3 Å². The van der Waals surface area contributed by atoms with E-state index < -0.39 is 0 Å². The number of rotatable bonds is 7. The van der Waals surface area contributed by atoms with E-state index in [-0.39, 0.29) is 5.60 Å². The van der Waals surface area contributed by atoms with Gasteiger partial charge in [0.25, 0.3) is 0 Å². The highest BCUT2D eigenvalue weighted by Crippen LogP contribution is 2.43. The lowest BCUT2D eigenvalue weighted by Crippen LogP contribution is -2.37. The molecule has 3 rings (SSSR count). The van der Waals surface area contributed by atoms with Gasteiger partial charge in [0, 0.05) is 19.4 Å². The monoisotopic (exact) mass is 344 g/mol. The summed E-state index contributed by atoms with van der Waals surface area (Å²) in [7, 11) is 0. The molecule has 0 aromatic heterocycles. The van der Waals surface area contributed by atoms with E-state index in [1.165, 1.54) is 31.2 Å². The molecule has 2 fully saturated rings. The Labute approximate surface area is 151 Å². The first-order chi connectivity index (χ1) is 12.0. The van der Waals surface area contributed by atoms with E-state index in [2.05, 4.69) is 6.92 Å². The van der Waals surface area contributed by atoms with Gasteiger partial charge in [-0.05, 0) is 68.1 Å². The number of ether oxygens (including phenoxy) is 1. The quantitative estimate of drug-likeness (QED) is 0.753. The molecule has 2 aliphatic rings. The highest BCUT2D eigenvalue weighted by molar-refractivity contribution is 5.78. The van der Waals surface area contributed by atoms with Crippen molar-refractivity contribution in [2.75, 3.05) is 6.61 Å². The molecule has 1 spiro atoms. The zero-order valence-electron chi connectivity index (χ0n) is 15.5. The Kier molecular flexibility index (Phi) is 6.16. The van der Waals surface area contributed by atoms with Crippen molar-refractivity contribution < 1.29 is 14.6 Å². The molecule has 3 heteroatoms. The number of aromatic hydroxyl groups is 1. The second kappa shape index (κ2) is 8.35. The first kappa shape index (κ1) is 18.4. The molecule has 1 aromatic carbocycles. The average Bonchev–Trinajstić information content (AvgIpc) is 3.02. The van der Waals surface area contributed by atoms with Crippen LogP contribution in [0, 0.1) is 11.8 Å². The molecule has 0 amide bonds. The summed E-state index contributed by atoms with van der Waals surface area (Å²) in [5.41, 5.74) is 1.35. The summed E-state index contributed by atoms with van der Waals surface area (Å²) in [4.78, 5) is 12.5. The largest absolute Gasteiger partial charge is 0.508 e. The summed E-state index contributed by atoms with van der Waals surface area (Å²) in [5, 5.41) is 9.33. The average molecular weight is 344 g/mol. The lowest BCUT2D eigenvalue weighted by atomic mass is 9.81. The van der Waals surface area contributed by atoms with Gasteiger partial charge in [-0.15, -0.1) is 0 Å². The third-order valence-corrected chi connectivity index (χ3v) is 6.06. The second-order valence-electron chi connectivity index (χ2n) is 8.35. The number of carbonyl (C=O) groups is 1. The van der Waals surface area contributed by atoms with Gasteiger partial charge >= 0.3 is 0 Å². The number of carbonyl (C=O) groups excluding carboxylic acids is 1. The van der Waals surface area contributed by atoms with Crippen molar-refractivity contribution in [3.63, 3.8) is 0 Å². The van der Waals surface area contributed by atoms with Crippen LogP contribution in [0.3, 0.4) is 0 Å². The Balaban J connectivity index is 1.40. The maximum absolute atomic E-state index is 12.5. The van der Waals surface area contributed by atoms with Crippen LogP contribution in [0.5, 0.6) is 5.75 Å². The Hall–Kier alpha value is -1.35. The summed E-state index contributed by atoms with van der Waals surface area (Å²) >= 11 is 0. The number of Topliss-reactive ketones (excluding diaryl/α,β-unsaturated/α-hetero) is 1. The van der Waals surface area contributed by atoms with E-state index in [0.29, 0.717) is 29.8 Å². The number of ketones is 1. The van der Waals surface area contributed by atoms with Crippen LogP contribution in [0.25, 0.3) is 0 Å². The standard InChI is InChI=1S/C22H32O3/c1-17(4-5-18-6-8-20(23)9-7-18)14-21(24)15-19-10-13-25-22(16-19)11-2-3-12-22/h6-9,17,19,23H,2-5,10-16H2,1H3/t17-,19+/m0/s1. The van der Waals surface area contributed by atoms with Gasteiger partial charge in [0.1, 0.15) is 11.5 Å². The Morgan fingerprint density at radius 2 is 2.00 bits per heavy atom. The van der Waals surface area contributed by atoms with Gasteiger partial charge in [0.2, 0.25) is 0 Å². The van der Waals surface area contributed by atoms with Gasteiger partial charge in [-0.2, -0.15) is 0 Å². The smallest absolute Gasteiger partial charge is 0.133 e. The summed E-state index contributed by atoms with van der Waals surface area (Å²) in [6.07, 6.45) is 10.5. The molecule has 138 valence electrons. The van der Waals surface area contributed by atoms with Crippen molar-refractivity contribution in [1.29, 1.82) is 0 Å². The molecule has 0 radical (unpaired) electrons. The van der Waals surface area contributed by atoms with Gasteiger partial charge in [-0.3, -0.25) is 4.79 Å². The summed E-state index contributed by atoms with van der Waals surface area (Å²) in [6.45, 7) is 3.02. The van der Waals surface area contributed by atoms with Crippen LogP contribution in [0.4, 0.5) is 0 Å². The molecule has 2 atom stereocenters. The fraction of sp³-hybridized carbons (Fsp3) is 0.682. The topological polar surface area (TPSA) is 46.5 Å². The van der Waals surface area contributed by atoms with Gasteiger partial charge in [0.05, 0.1) is 5.60 Å². The molecule has 1 saturated heterocycles. The van der Waals surface area contributed by atoms with E-state index in [4.69, 9.17) is 4.74 Å². The molecule has 1 N–H and O–H groups in total. The van der Waals surface area contributed by atoms with Gasteiger partial charge in [0.15, 0.2) is 0 Å². The maximum atomic E-state index is 12.5. The van der Waals surface area contributed by atoms with Crippen molar-refractivity contribution in [2.24, 2.45) is 11.8 Å². The van der Waals surface area contributed by atoms with E-state index in [1.54, 1.807) is 12.1 Å². The Morgan fingerprint density at radius 3 is 2.72 bits per heavy atom. The molecule has 1 aromatic rings. The number of phenols is 1. The molecule has 3 nitrogen and oxygen atoms in total. The summed E-state index contributed by atoms with van der Waals surface area (Å²) in [6, 6.07) is 7.39. The van der Waals surface area contributed by atoms with Gasteiger partial charge in [-0.1, -0.05) is 31.9 Å². The normalized spacial score (nSPS) is 23.6. The van der Waals surface area contributed by atoms with Crippen LogP contribution < -0.4 is 0 Å². The molecule has 1 aliphatic carbocycles. The lowest BCUT2D eigenvalue weighted by Gasteiger charge is -2.38. The number of hydrogen-bond donors (Lipinski definition) is 1. The van der Waals surface area contributed by atoms with Crippen LogP contribution in [-0.2, 0) is 16.0 Å². The summed E-state index contributed by atoms with van der Waals surface area (Å²) in [5.74, 6) is 1.69. The third kappa shape index (κ3) is 5.31. The molecule has 1 saturated carbocycles. The SMILES string of the molecule is C[C@@H](CCc1ccc(O)cc1)CC(=O)C[C@H]1CCOC2(CCCC2)C1. The van der Waals surface area contributed by atoms with Crippen LogP contribution >= 0.6 is 0 Å². The molecule has 25 heavy (non-hydrogen) atoms. The fourth-order valence-electron chi connectivity index (χ4n) is 4.64. The molecule has 0 unspecified atom stereocenters. The minimum Gasteiger partial charge on any atom is -0.508 e. The van der Waals surface area contributed by atoms with Crippen molar-refractivity contribution >= 4 is 5.78 Å². The zero-order valence-corrected chi connectivity index (χ0v) is 15.5. The van der Waals surface area contributed by atoms with Crippen LogP contribution in [-0.4, -0.2) is 23.1 Å². The predicted octanol–water partition coefficient (Wildman–Crippen LogP) is 5.05. The second-order valence-corrected chi connectivity index (χ2v) is 8.35. The predicted molar refractivity (Wildman–Crippen MR) is 99.7 cm³/mol. The number of phenolic OH excluding ortho intramolecular Hbond substituents is 1. The summed E-state index contributed by atoms with van der Waals surface area (Å²) < 4.78 is 6.09. The Bertz CT molecular complexity index is 557. The van der Waals surface area contributed by atoms with Crippen molar-refractivity contribution in [1.82, 2.24) is 0 Å². The van der Waals surface area contributed by atoms with Gasteiger partial charge in [-0.25, -0.2) is 0 Å². The number of benzene rings is 1. The Morgan fingerprint density at radius 1 is 1.28 bits per heavy atom. The van der Waals surface area contributed by atoms with Crippen molar-refractivity contribution in [3.8, 4) is 5.75 Å². The van der Waals surface area contributed by atoms with E-state index in [9.17, 15) is 9.90 Å². The third-order valence-electron chi connectivity index (χ3n) is 6.06. The van der Waals surface area contributed by atoms with Crippen LogP contribution in [0.2, 0.25) is 0 Å². The number of hydrogen-bond acceptors (Lipinski definition) is 3. The fourth-order valence-corrected chi connectivity index (χ4v) is 4.64.